The Balaban J connectivity index is 1.75. The van der Waals surface area contributed by atoms with Gasteiger partial charge in [0.2, 0.25) is 0 Å². The van der Waals surface area contributed by atoms with Crippen LogP contribution in [0.4, 0.5) is 0 Å². The van der Waals surface area contributed by atoms with Crippen LogP contribution in [0.15, 0.2) is 30.3 Å². The average Bonchev–Trinajstić information content (AvgIpc) is 2.94. The van der Waals surface area contributed by atoms with Crippen molar-refractivity contribution in [2.75, 3.05) is 13.1 Å². The molecule has 4 unspecified atom stereocenters. The highest BCUT2D eigenvalue weighted by molar-refractivity contribution is 5.20. The van der Waals surface area contributed by atoms with Crippen molar-refractivity contribution in [3.05, 3.63) is 35.9 Å². The summed E-state index contributed by atoms with van der Waals surface area (Å²) < 4.78 is 0. The molecule has 0 bridgehead atoms. The number of piperazine rings is 1. The first kappa shape index (κ1) is 15.1. The molecule has 1 aliphatic carbocycles. The minimum absolute atomic E-state index is 0.497. The van der Waals surface area contributed by atoms with E-state index in [9.17, 15) is 0 Å². The van der Waals surface area contributed by atoms with Crippen LogP contribution in [0.1, 0.15) is 51.6 Å². The Morgan fingerprint density at radius 3 is 2.52 bits per heavy atom. The van der Waals surface area contributed by atoms with Crippen molar-refractivity contribution in [1.29, 1.82) is 0 Å². The molecule has 1 saturated carbocycles. The fourth-order valence-electron chi connectivity index (χ4n) is 4.22. The van der Waals surface area contributed by atoms with Crippen LogP contribution in [0.5, 0.6) is 0 Å². The summed E-state index contributed by atoms with van der Waals surface area (Å²) in [6.45, 7) is 9.47. The van der Waals surface area contributed by atoms with Crippen LogP contribution in [-0.4, -0.2) is 30.1 Å². The largest absolute Gasteiger partial charge is 0.307 e. The Kier molecular flexibility index (Phi) is 4.66. The highest BCUT2D eigenvalue weighted by Crippen LogP contribution is 2.34. The second-order valence-corrected chi connectivity index (χ2v) is 7.45. The molecular weight excluding hydrogens is 256 g/mol. The zero-order valence-corrected chi connectivity index (χ0v) is 13.8. The summed E-state index contributed by atoms with van der Waals surface area (Å²) in [7, 11) is 0. The van der Waals surface area contributed by atoms with Crippen molar-refractivity contribution in [1.82, 2.24) is 10.2 Å². The Labute approximate surface area is 129 Å². The van der Waals surface area contributed by atoms with Crippen molar-refractivity contribution < 1.29 is 0 Å². The van der Waals surface area contributed by atoms with Crippen LogP contribution in [0.2, 0.25) is 0 Å². The van der Waals surface area contributed by atoms with E-state index < -0.39 is 0 Å². The molecule has 1 aromatic rings. The first-order valence-corrected chi connectivity index (χ1v) is 8.69. The predicted molar refractivity (Wildman–Crippen MR) is 89.3 cm³/mol. The van der Waals surface area contributed by atoms with Gasteiger partial charge in [-0.15, -0.1) is 0 Å². The molecule has 1 aromatic carbocycles. The molecule has 0 spiro atoms. The minimum Gasteiger partial charge on any atom is -0.307 e. The lowest BCUT2D eigenvalue weighted by Crippen LogP contribution is -2.57. The second kappa shape index (κ2) is 6.50. The Morgan fingerprint density at radius 1 is 1.14 bits per heavy atom. The molecular formula is C19H30N2. The Morgan fingerprint density at radius 2 is 1.90 bits per heavy atom. The maximum absolute atomic E-state index is 3.79. The Bertz CT molecular complexity index is 442. The van der Waals surface area contributed by atoms with E-state index in [-0.39, 0.29) is 0 Å². The lowest BCUT2D eigenvalue weighted by molar-refractivity contribution is 0.0561. The van der Waals surface area contributed by atoms with Gasteiger partial charge in [0, 0.05) is 31.2 Å². The molecule has 2 aliphatic rings. The van der Waals surface area contributed by atoms with E-state index >= 15 is 0 Å². The van der Waals surface area contributed by atoms with Crippen LogP contribution in [0.25, 0.3) is 0 Å². The smallest absolute Gasteiger partial charge is 0.0450 e. The van der Waals surface area contributed by atoms with Gasteiger partial charge in [-0.05, 0) is 36.7 Å². The molecule has 0 radical (unpaired) electrons. The van der Waals surface area contributed by atoms with Crippen molar-refractivity contribution in [2.45, 2.75) is 58.2 Å². The fourth-order valence-corrected chi connectivity index (χ4v) is 4.22. The molecule has 1 aliphatic heterocycles. The monoisotopic (exact) mass is 286 g/mol. The van der Waals surface area contributed by atoms with E-state index in [1.165, 1.54) is 31.4 Å². The van der Waals surface area contributed by atoms with E-state index in [1.807, 2.05) is 0 Å². The number of hydrogen-bond donors (Lipinski definition) is 1. The summed E-state index contributed by atoms with van der Waals surface area (Å²) >= 11 is 0. The molecule has 21 heavy (non-hydrogen) atoms. The first-order valence-electron chi connectivity index (χ1n) is 8.69. The third-order valence-corrected chi connectivity index (χ3v) is 5.50. The molecule has 1 saturated heterocycles. The van der Waals surface area contributed by atoms with Crippen LogP contribution in [-0.2, 0) is 0 Å². The highest BCUT2D eigenvalue weighted by Gasteiger charge is 2.37. The molecule has 116 valence electrons. The average molecular weight is 286 g/mol. The molecule has 0 aromatic heterocycles. The molecule has 4 atom stereocenters. The van der Waals surface area contributed by atoms with Crippen LogP contribution in [0, 0.1) is 11.8 Å². The molecule has 0 amide bonds. The first-order chi connectivity index (χ1) is 10.1. The summed E-state index contributed by atoms with van der Waals surface area (Å²) in [6.07, 6.45) is 4.20. The van der Waals surface area contributed by atoms with E-state index in [2.05, 4.69) is 61.3 Å². The zero-order chi connectivity index (χ0) is 14.8. The van der Waals surface area contributed by atoms with Crippen LogP contribution >= 0.6 is 0 Å². The quantitative estimate of drug-likeness (QED) is 0.908. The molecule has 2 nitrogen and oxygen atoms in total. The lowest BCUT2D eigenvalue weighted by atomic mass is 9.93. The SMILES string of the molecule is CC1CCC(N2CC(c3ccccc3)NCC2C(C)C)C1. The Hall–Kier alpha value is -0.860. The number of nitrogens with one attached hydrogen (secondary N) is 1. The van der Waals surface area contributed by atoms with E-state index in [1.54, 1.807) is 0 Å². The molecule has 1 N–H and O–H groups in total. The molecule has 1 heterocycles. The summed E-state index contributed by atoms with van der Waals surface area (Å²) in [4.78, 5) is 2.84. The van der Waals surface area contributed by atoms with Gasteiger partial charge in [0.1, 0.15) is 0 Å². The predicted octanol–water partition coefficient (Wildman–Crippen LogP) is 3.85. The van der Waals surface area contributed by atoms with Crippen LogP contribution < -0.4 is 5.32 Å². The van der Waals surface area contributed by atoms with Gasteiger partial charge in [-0.2, -0.15) is 0 Å². The maximum Gasteiger partial charge on any atom is 0.0450 e. The third-order valence-electron chi connectivity index (χ3n) is 5.50. The van der Waals surface area contributed by atoms with Gasteiger partial charge in [0.15, 0.2) is 0 Å². The normalized spacial score (nSPS) is 34.5. The van der Waals surface area contributed by atoms with Gasteiger partial charge in [-0.1, -0.05) is 51.1 Å². The van der Waals surface area contributed by atoms with Gasteiger partial charge >= 0.3 is 0 Å². The summed E-state index contributed by atoms with van der Waals surface area (Å²) in [5.41, 5.74) is 1.44. The molecule has 3 rings (SSSR count). The molecule has 2 heteroatoms. The third kappa shape index (κ3) is 3.32. The fraction of sp³-hybridized carbons (Fsp3) is 0.684. The van der Waals surface area contributed by atoms with Crippen molar-refractivity contribution in [3.8, 4) is 0 Å². The van der Waals surface area contributed by atoms with E-state index in [0.717, 1.165) is 24.4 Å². The van der Waals surface area contributed by atoms with Crippen molar-refractivity contribution in [3.63, 3.8) is 0 Å². The number of rotatable bonds is 3. The minimum atomic E-state index is 0.497. The molecule has 2 fully saturated rings. The maximum atomic E-state index is 3.79. The second-order valence-electron chi connectivity index (χ2n) is 7.45. The lowest BCUT2D eigenvalue weighted by Gasteiger charge is -2.46. The van der Waals surface area contributed by atoms with Gasteiger partial charge in [0.05, 0.1) is 0 Å². The standard InChI is InChI=1S/C19H30N2/c1-14(2)19-12-20-18(16-7-5-4-6-8-16)13-21(19)17-10-9-15(3)11-17/h4-8,14-15,17-20H,9-13H2,1-3H3. The van der Waals surface area contributed by atoms with Crippen LogP contribution in [0.3, 0.4) is 0 Å². The van der Waals surface area contributed by atoms with Crippen molar-refractivity contribution in [2.24, 2.45) is 11.8 Å². The number of hydrogen-bond acceptors (Lipinski definition) is 2. The summed E-state index contributed by atoms with van der Waals surface area (Å²) in [6, 6.07) is 13.0. The van der Waals surface area contributed by atoms with E-state index in [4.69, 9.17) is 0 Å². The number of nitrogens with zero attached hydrogens (tertiary/aromatic N) is 1. The van der Waals surface area contributed by atoms with E-state index in [0.29, 0.717) is 12.1 Å². The summed E-state index contributed by atoms with van der Waals surface area (Å²) in [5.74, 6) is 1.64. The number of benzene rings is 1. The topological polar surface area (TPSA) is 15.3 Å². The van der Waals surface area contributed by atoms with Gasteiger partial charge in [0.25, 0.3) is 0 Å². The zero-order valence-electron chi connectivity index (χ0n) is 13.8. The van der Waals surface area contributed by atoms with Gasteiger partial charge in [-0.3, -0.25) is 4.90 Å². The highest BCUT2D eigenvalue weighted by atomic mass is 15.3. The van der Waals surface area contributed by atoms with Gasteiger partial charge < -0.3 is 5.32 Å². The van der Waals surface area contributed by atoms with Gasteiger partial charge in [-0.25, -0.2) is 0 Å². The summed E-state index contributed by atoms with van der Waals surface area (Å²) in [5, 5.41) is 3.79. The van der Waals surface area contributed by atoms with Crippen molar-refractivity contribution >= 4 is 0 Å².